The van der Waals surface area contributed by atoms with Crippen molar-refractivity contribution in [1.29, 1.82) is 0 Å². The molecule has 0 amide bonds. The van der Waals surface area contributed by atoms with Crippen LogP contribution in [-0.2, 0) is 20.7 Å². The van der Waals surface area contributed by atoms with Crippen molar-refractivity contribution < 1.29 is 19.0 Å². The molecule has 1 aromatic carbocycles. The molecule has 1 aliphatic rings. The van der Waals surface area contributed by atoms with Gasteiger partial charge in [0.15, 0.2) is 5.78 Å². The lowest BCUT2D eigenvalue weighted by atomic mass is 9.86. The van der Waals surface area contributed by atoms with Crippen molar-refractivity contribution in [2.75, 3.05) is 26.9 Å². The molecule has 2 rings (SSSR count). The van der Waals surface area contributed by atoms with Gasteiger partial charge in [0.25, 0.3) is 0 Å². The maximum atomic E-state index is 12.8. The largest absolute Gasteiger partial charge is 0.497 e. The minimum atomic E-state index is -0.699. The predicted molar refractivity (Wildman–Crippen MR) is 83.8 cm³/mol. The zero-order chi connectivity index (χ0) is 15.3. The van der Waals surface area contributed by atoms with Gasteiger partial charge in [0.2, 0.25) is 0 Å². The molecule has 0 aliphatic carbocycles. The Labute approximate surface area is 133 Å². The van der Waals surface area contributed by atoms with E-state index in [1.165, 1.54) is 0 Å². The predicted octanol–water partition coefficient (Wildman–Crippen LogP) is 3.16. The van der Waals surface area contributed by atoms with E-state index < -0.39 is 5.60 Å². The summed E-state index contributed by atoms with van der Waals surface area (Å²) in [5.74, 6) is 0.861. The quantitative estimate of drug-likeness (QED) is 0.785. The smallest absolute Gasteiger partial charge is 0.169 e. The molecule has 0 N–H and O–H groups in total. The van der Waals surface area contributed by atoms with Crippen molar-refractivity contribution >= 4 is 21.7 Å². The topological polar surface area (TPSA) is 44.8 Å². The number of hydrogen-bond acceptors (Lipinski definition) is 4. The second-order valence-electron chi connectivity index (χ2n) is 5.10. The molecule has 0 spiro atoms. The highest BCUT2D eigenvalue weighted by Gasteiger charge is 2.40. The average molecular weight is 357 g/mol. The van der Waals surface area contributed by atoms with Crippen LogP contribution in [0.5, 0.6) is 5.75 Å². The molecule has 5 heteroatoms. The second kappa shape index (κ2) is 7.38. The van der Waals surface area contributed by atoms with Gasteiger partial charge in [0, 0.05) is 43.6 Å². The minimum absolute atomic E-state index is 0.113. The Balaban J connectivity index is 2.18. The molecular weight excluding hydrogens is 336 g/mol. The van der Waals surface area contributed by atoms with Crippen LogP contribution in [0.3, 0.4) is 0 Å². The van der Waals surface area contributed by atoms with Crippen molar-refractivity contribution in [1.82, 2.24) is 0 Å². The fourth-order valence-corrected chi connectivity index (χ4v) is 3.02. The number of ether oxygens (including phenoxy) is 3. The molecule has 1 saturated heterocycles. The van der Waals surface area contributed by atoms with Crippen LogP contribution < -0.4 is 4.74 Å². The monoisotopic (exact) mass is 356 g/mol. The number of ketones is 1. The molecule has 116 valence electrons. The Morgan fingerprint density at radius 3 is 2.71 bits per heavy atom. The van der Waals surface area contributed by atoms with Gasteiger partial charge in [0.1, 0.15) is 11.4 Å². The first-order valence-corrected chi connectivity index (χ1v) is 7.98. The van der Waals surface area contributed by atoms with Crippen molar-refractivity contribution in [3.63, 3.8) is 0 Å². The first-order valence-electron chi connectivity index (χ1n) is 7.18. The molecule has 1 aromatic rings. The number of methoxy groups -OCH3 is 1. The van der Waals surface area contributed by atoms with E-state index in [9.17, 15) is 4.79 Å². The van der Waals surface area contributed by atoms with Crippen LogP contribution in [0.4, 0.5) is 0 Å². The molecule has 1 aliphatic heterocycles. The van der Waals surface area contributed by atoms with Gasteiger partial charge >= 0.3 is 0 Å². The lowest BCUT2D eigenvalue weighted by molar-refractivity contribution is -0.156. The van der Waals surface area contributed by atoms with Gasteiger partial charge in [-0.1, -0.05) is 15.9 Å². The highest BCUT2D eigenvalue weighted by atomic mass is 79.9. The number of hydrogen-bond donors (Lipinski definition) is 0. The van der Waals surface area contributed by atoms with Gasteiger partial charge in [-0.05, 0) is 30.7 Å². The van der Waals surface area contributed by atoms with Crippen molar-refractivity contribution in [2.45, 2.75) is 31.8 Å². The first kappa shape index (κ1) is 16.5. The third-order valence-corrected chi connectivity index (χ3v) is 4.61. The van der Waals surface area contributed by atoms with Crippen molar-refractivity contribution in [3.8, 4) is 5.75 Å². The van der Waals surface area contributed by atoms with E-state index in [0.29, 0.717) is 39.1 Å². The highest BCUT2D eigenvalue weighted by molar-refractivity contribution is 9.10. The zero-order valence-corrected chi connectivity index (χ0v) is 14.1. The molecule has 1 fully saturated rings. The molecule has 21 heavy (non-hydrogen) atoms. The van der Waals surface area contributed by atoms with Crippen molar-refractivity contribution in [3.05, 3.63) is 28.2 Å². The van der Waals surface area contributed by atoms with Crippen LogP contribution in [0.1, 0.15) is 25.3 Å². The maximum absolute atomic E-state index is 12.8. The summed E-state index contributed by atoms with van der Waals surface area (Å²) < 4.78 is 17.3. The Morgan fingerprint density at radius 2 is 2.10 bits per heavy atom. The Morgan fingerprint density at radius 1 is 1.38 bits per heavy atom. The van der Waals surface area contributed by atoms with Gasteiger partial charge < -0.3 is 14.2 Å². The summed E-state index contributed by atoms with van der Waals surface area (Å²) in [5.41, 5.74) is 0.222. The summed E-state index contributed by atoms with van der Waals surface area (Å²) in [6.07, 6.45) is 1.58. The van der Waals surface area contributed by atoms with Crippen molar-refractivity contribution in [2.24, 2.45) is 0 Å². The van der Waals surface area contributed by atoms with Crippen LogP contribution in [0.2, 0.25) is 0 Å². The molecule has 0 radical (unpaired) electrons. The van der Waals surface area contributed by atoms with E-state index in [1.807, 2.05) is 25.1 Å². The average Bonchev–Trinajstić information content (AvgIpc) is 2.50. The number of benzene rings is 1. The van der Waals surface area contributed by atoms with Gasteiger partial charge in [-0.25, -0.2) is 0 Å². The summed E-state index contributed by atoms with van der Waals surface area (Å²) in [4.78, 5) is 12.8. The van der Waals surface area contributed by atoms with E-state index in [2.05, 4.69) is 15.9 Å². The summed E-state index contributed by atoms with van der Waals surface area (Å²) >= 11 is 3.50. The van der Waals surface area contributed by atoms with E-state index in [0.717, 1.165) is 15.8 Å². The molecule has 0 aromatic heterocycles. The summed E-state index contributed by atoms with van der Waals surface area (Å²) in [6, 6.07) is 5.66. The van der Waals surface area contributed by atoms with E-state index in [-0.39, 0.29) is 5.78 Å². The molecule has 4 nitrogen and oxygen atoms in total. The van der Waals surface area contributed by atoms with E-state index in [1.54, 1.807) is 7.11 Å². The Bertz CT molecular complexity index is 490. The zero-order valence-electron chi connectivity index (χ0n) is 12.5. The second-order valence-corrected chi connectivity index (χ2v) is 5.95. The lowest BCUT2D eigenvalue weighted by Crippen LogP contribution is -2.47. The SMILES string of the molecule is CCOC1(C(=O)Cc2cc(OC)ccc2Br)CCOCC1. The molecular formula is C16H21BrO4. The fourth-order valence-electron chi connectivity index (χ4n) is 2.63. The standard InChI is InChI=1S/C16H21BrO4/c1-3-21-16(6-8-20-9-7-16)15(18)11-12-10-13(19-2)4-5-14(12)17/h4-5,10H,3,6-9,11H2,1-2H3. The molecule has 0 unspecified atom stereocenters. The normalized spacial score (nSPS) is 17.5. The third kappa shape index (κ3) is 3.84. The van der Waals surface area contributed by atoms with Gasteiger partial charge in [0.05, 0.1) is 7.11 Å². The molecule has 1 heterocycles. The highest BCUT2D eigenvalue weighted by Crippen LogP contribution is 2.30. The number of rotatable bonds is 6. The summed E-state index contributed by atoms with van der Waals surface area (Å²) in [6.45, 7) is 3.60. The van der Waals surface area contributed by atoms with Gasteiger partial charge in [-0.2, -0.15) is 0 Å². The van der Waals surface area contributed by atoms with Gasteiger partial charge in [-0.15, -0.1) is 0 Å². The summed E-state index contributed by atoms with van der Waals surface area (Å²) in [7, 11) is 1.62. The number of Topliss-reactive ketones (excluding diaryl/α,β-unsaturated/α-hetero) is 1. The fraction of sp³-hybridized carbons (Fsp3) is 0.562. The van der Waals surface area contributed by atoms with Gasteiger partial charge in [-0.3, -0.25) is 4.79 Å². The molecule has 0 atom stereocenters. The number of carbonyl (C=O) groups is 1. The Kier molecular flexibility index (Phi) is 5.79. The maximum Gasteiger partial charge on any atom is 0.169 e. The Hall–Kier alpha value is -0.910. The molecule has 0 bridgehead atoms. The third-order valence-electron chi connectivity index (χ3n) is 3.83. The van der Waals surface area contributed by atoms with Crippen LogP contribution in [0, 0.1) is 0 Å². The van der Waals surface area contributed by atoms with E-state index >= 15 is 0 Å². The van der Waals surface area contributed by atoms with Crippen LogP contribution in [0.25, 0.3) is 0 Å². The molecule has 0 saturated carbocycles. The van der Waals surface area contributed by atoms with Crippen LogP contribution >= 0.6 is 15.9 Å². The number of carbonyl (C=O) groups excluding carboxylic acids is 1. The summed E-state index contributed by atoms with van der Waals surface area (Å²) in [5, 5.41) is 0. The van der Waals surface area contributed by atoms with Crippen LogP contribution in [-0.4, -0.2) is 38.3 Å². The lowest BCUT2D eigenvalue weighted by Gasteiger charge is -2.35. The van der Waals surface area contributed by atoms with E-state index in [4.69, 9.17) is 14.2 Å². The van der Waals surface area contributed by atoms with Crippen LogP contribution in [0.15, 0.2) is 22.7 Å². The minimum Gasteiger partial charge on any atom is -0.497 e. The first-order chi connectivity index (χ1) is 10.1. The number of halogens is 1.